The third kappa shape index (κ3) is 4.07. The van der Waals surface area contributed by atoms with Gasteiger partial charge >= 0.3 is 0 Å². The Bertz CT molecular complexity index is 710. The summed E-state index contributed by atoms with van der Waals surface area (Å²) < 4.78 is 1.88. The first-order valence-corrected chi connectivity index (χ1v) is 9.31. The fourth-order valence-electron chi connectivity index (χ4n) is 3.61. The van der Waals surface area contributed by atoms with Gasteiger partial charge in [-0.05, 0) is 56.8 Å². The number of hydrogen-bond donors (Lipinski definition) is 1. The average Bonchev–Trinajstić information content (AvgIpc) is 3.12. The number of carbonyl (C=O) groups is 1. The average molecular weight is 376 g/mol. The fraction of sp³-hybridized carbons (Fsp3) is 0.526. The number of anilines is 1. The summed E-state index contributed by atoms with van der Waals surface area (Å²) in [5.74, 6) is 0.557. The normalized spacial score (nSPS) is 18.0. The molecule has 1 N–H and O–H groups in total. The third-order valence-corrected chi connectivity index (χ3v) is 5.39. The molecule has 2 aliphatic rings. The highest BCUT2D eigenvalue weighted by molar-refractivity contribution is 6.04. The van der Waals surface area contributed by atoms with E-state index in [1.165, 1.54) is 19.3 Å². The standard InChI is InChI=1S/C19H25N5O.ClH/c25-19(18-14-24(22-21-18)17-9-11-20-12-10-17)23(13-15-5-4-6-15)16-7-2-1-3-8-16;/h1-3,7-8,14-15,17,20H,4-6,9-13H2;1H. The van der Waals surface area contributed by atoms with Crippen molar-refractivity contribution in [2.24, 2.45) is 5.92 Å². The Morgan fingerprint density at radius 1 is 1.15 bits per heavy atom. The molecule has 6 nitrogen and oxygen atoms in total. The van der Waals surface area contributed by atoms with Crippen molar-refractivity contribution in [3.05, 3.63) is 42.2 Å². The second-order valence-electron chi connectivity index (χ2n) is 7.11. The molecule has 1 saturated heterocycles. The van der Waals surface area contributed by atoms with Crippen LogP contribution in [0.1, 0.15) is 48.6 Å². The number of benzene rings is 1. The summed E-state index contributed by atoms with van der Waals surface area (Å²) in [6.07, 6.45) is 7.57. The van der Waals surface area contributed by atoms with Crippen LogP contribution in [-0.2, 0) is 0 Å². The van der Waals surface area contributed by atoms with E-state index in [0.717, 1.165) is 38.2 Å². The van der Waals surface area contributed by atoms with Gasteiger partial charge in [-0.3, -0.25) is 4.79 Å². The van der Waals surface area contributed by atoms with Gasteiger partial charge in [0, 0.05) is 12.2 Å². The molecule has 26 heavy (non-hydrogen) atoms. The predicted octanol–water partition coefficient (Wildman–Crippen LogP) is 3.07. The molecule has 1 aromatic carbocycles. The zero-order chi connectivity index (χ0) is 17.1. The van der Waals surface area contributed by atoms with E-state index in [-0.39, 0.29) is 18.3 Å². The molecule has 0 spiro atoms. The predicted molar refractivity (Wildman–Crippen MR) is 104 cm³/mol. The maximum absolute atomic E-state index is 13.1. The molecule has 4 rings (SSSR count). The van der Waals surface area contributed by atoms with Crippen LogP contribution in [0.4, 0.5) is 5.69 Å². The van der Waals surface area contributed by atoms with Crippen LogP contribution in [0.2, 0.25) is 0 Å². The molecule has 2 fully saturated rings. The lowest BCUT2D eigenvalue weighted by Crippen LogP contribution is -2.37. The van der Waals surface area contributed by atoms with Crippen molar-refractivity contribution >= 4 is 24.0 Å². The van der Waals surface area contributed by atoms with Crippen molar-refractivity contribution in [1.29, 1.82) is 0 Å². The second kappa shape index (κ2) is 8.64. The molecule has 7 heteroatoms. The Labute approximate surface area is 160 Å². The monoisotopic (exact) mass is 375 g/mol. The molecule has 0 radical (unpaired) electrons. The molecule has 1 saturated carbocycles. The number of halogens is 1. The minimum Gasteiger partial charge on any atom is -0.317 e. The number of hydrogen-bond acceptors (Lipinski definition) is 4. The Hall–Kier alpha value is -1.92. The summed E-state index contributed by atoms with van der Waals surface area (Å²) in [5.41, 5.74) is 1.39. The second-order valence-corrected chi connectivity index (χ2v) is 7.11. The van der Waals surface area contributed by atoms with Gasteiger partial charge in [0.05, 0.1) is 12.2 Å². The van der Waals surface area contributed by atoms with Crippen molar-refractivity contribution in [2.75, 3.05) is 24.5 Å². The molecule has 2 aromatic rings. The van der Waals surface area contributed by atoms with Gasteiger partial charge in [0.15, 0.2) is 5.69 Å². The van der Waals surface area contributed by atoms with Crippen LogP contribution in [-0.4, -0.2) is 40.5 Å². The van der Waals surface area contributed by atoms with Gasteiger partial charge < -0.3 is 10.2 Å². The molecule has 140 valence electrons. The minimum atomic E-state index is -0.0433. The molecule has 2 heterocycles. The van der Waals surface area contributed by atoms with Crippen molar-refractivity contribution in [1.82, 2.24) is 20.3 Å². The van der Waals surface area contributed by atoms with Gasteiger partial charge in [-0.1, -0.05) is 29.8 Å². The highest BCUT2D eigenvalue weighted by Gasteiger charge is 2.27. The van der Waals surface area contributed by atoms with E-state index in [1.807, 2.05) is 46.1 Å². The van der Waals surface area contributed by atoms with Crippen LogP contribution < -0.4 is 10.2 Å². The number of piperidine rings is 1. The first-order chi connectivity index (χ1) is 12.3. The van der Waals surface area contributed by atoms with Gasteiger partial charge in [-0.2, -0.15) is 0 Å². The van der Waals surface area contributed by atoms with Crippen LogP contribution >= 0.6 is 12.4 Å². The lowest BCUT2D eigenvalue weighted by atomic mass is 9.85. The SMILES string of the molecule is Cl.O=C(c1cn(C2CCNCC2)nn1)N(CC1CCC1)c1ccccc1. The summed E-state index contributed by atoms with van der Waals surface area (Å²) in [7, 11) is 0. The van der Waals surface area contributed by atoms with E-state index < -0.39 is 0 Å². The van der Waals surface area contributed by atoms with Crippen LogP contribution in [0.5, 0.6) is 0 Å². The summed E-state index contributed by atoms with van der Waals surface area (Å²) in [4.78, 5) is 15.0. The summed E-state index contributed by atoms with van der Waals surface area (Å²) in [6, 6.07) is 10.3. The molecule has 1 aromatic heterocycles. The third-order valence-electron chi connectivity index (χ3n) is 5.39. The molecular weight excluding hydrogens is 350 g/mol. The highest BCUT2D eigenvalue weighted by Crippen LogP contribution is 2.29. The molecule has 1 aliphatic heterocycles. The Balaban J connectivity index is 0.00000196. The Morgan fingerprint density at radius 2 is 1.88 bits per heavy atom. The van der Waals surface area contributed by atoms with Crippen molar-refractivity contribution in [2.45, 2.75) is 38.1 Å². The zero-order valence-electron chi connectivity index (χ0n) is 14.9. The van der Waals surface area contributed by atoms with Crippen molar-refractivity contribution in [3.8, 4) is 0 Å². The molecule has 1 aliphatic carbocycles. The fourth-order valence-corrected chi connectivity index (χ4v) is 3.61. The lowest BCUT2D eigenvalue weighted by Gasteiger charge is -2.32. The topological polar surface area (TPSA) is 63.1 Å². The Kier molecular flexibility index (Phi) is 6.27. The lowest BCUT2D eigenvalue weighted by molar-refractivity contribution is 0.0972. The molecule has 0 atom stereocenters. The van der Waals surface area contributed by atoms with E-state index in [2.05, 4.69) is 15.6 Å². The minimum absolute atomic E-state index is 0. The van der Waals surface area contributed by atoms with Gasteiger partial charge in [-0.25, -0.2) is 4.68 Å². The van der Waals surface area contributed by atoms with E-state index >= 15 is 0 Å². The number of nitrogens with one attached hydrogen (secondary N) is 1. The van der Waals surface area contributed by atoms with Gasteiger partial charge in [-0.15, -0.1) is 17.5 Å². The van der Waals surface area contributed by atoms with E-state index in [4.69, 9.17) is 0 Å². The maximum Gasteiger partial charge on any atom is 0.280 e. The molecule has 0 bridgehead atoms. The van der Waals surface area contributed by atoms with Gasteiger partial charge in [0.1, 0.15) is 0 Å². The number of carbonyl (C=O) groups excluding carboxylic acids is 1. The van der Waals surface area contributed by atoms with Crippen LogP contribution in [0.3, 0.4) is 0 Å². The van der Waals surface area contributed by atoms with Gasteiger partial charge in [0.25, 0.3) is 5.91 Å². The van der Waals surface area contributed by atoms with E-state index in [1.54, 1.807) is 0 Å². The van der Waals surface area contributed by atoms with Crippen LogP contribution in [0.15, 0.2) is 36.5 Å². The number of aromatic nitrogens is 3. The summed E-state index contributed by atoms with van der Waals surface area (Å²) in [5, 5.41) is 11.8. The van der Waals surface area contributed by atoms with Gasteiger partial charge in [0.2, 0.25) is 0 Å². The zero-order valence-corrected chi connectivity index (χ0v) is 15.7. The summed E-state index contributed by atoms with van der Waals surface area (Å²) >= 11 is 0. The van der Waals surface area contributed by atoms with Crippen molar-refractivity contribution in [3.63, 3.8) is 0 Å². The molecular formula is C19H26ClN5O. The van der Waals surface area contributed by atoms with Crippen molar-refractivity contribution < 1.29 is 4.79 Å². The van der Waals surface area contributed by atoms with Crippen LogP contribution in [0, 0.1) is 5.92 Å². The number of rotatable bonds is 5. The maximum atomic E-state index is 13.1. The first-order valence-electron chi connectivity index (χ1n) is 9.31. The number of amides is 1. The Morgan fingerprint density at radius 3 is 2.54 bits per heavy atom. The first kappa shape index (κ1) is 18.9. The smallest absolute Gasteiger partial charge is 0.280 e. The largest absolute Gasteiger partial charge is 0.317 e. The van der Waals surface area contributed by atoms with E-state index in [9.17, 15) is 4.79 Å². The quantitative estimate of drug-likeness (QED) is 0.872. The summed E-state index contributed by atoms with van der Waals surface area (Å²) in [6.45, 7) is 2.75. The number of para-hydroxylation sites is 1. The number of nitrogens with zero attached hydrogens (tertiary/aromatic N) is 4. The van der Waals surface area contributed by atoms with Crippen LogP contribution in [0.25, 0.3) is 0 Å². The van der Waals surface area contributed by atoms with E-state index in [0.29, 0.717) is 17.7 Å². The molecule has 0 unspecified atom stereocenters. The highest BCUT2D eigenvalue weighted by atomic mass is 35.5. The molecule has 1 amide bonds.